The van der Waals surface area contributed by atoms with E-state index in [1.807, 2.05) is 0 Å². The first-order valence-corrected chi connectivity index (χ1v) is 4.39. The van der Waals surface area contributed by atoms with Crippen molar-refractivity contribution in [2.45, 2.75) is 19.0 Å². The minimum absolute atomic E-state index is 0.0396. The zero-order chi connectivity index (χ0) is 14.1. The maximum atomic E-state index is 13.1. The zero-order valence-corrected chi connectivity index (χ0v) is 8.43. The molecular weight excluding hydrogens is 268 g/mol. The lowest BCUT2D eigenvalue weighted by Gasteiger charge is -2.13. The summed E-state index contributed by atoms with van der Waals surface area (Å²) < 4.78 is 74.9. The molecule has 0 spiro atoms. The highest BCUT2D eigenvalue weighted by atomic mass is 19.4. The normalized spacial score (nSPS) is 11.9. The van der Waals surface area contributed by atoms with E-state index < -0.39 is 47.8 Å². The number of pyridine rings is 1. The quantitative estimate of drug-likeness (QED) is 0.680. The summed E-state index contributed by atoms with van der Waals surface area (Å²) in [6.45, 7) is 0. The number of halogens is 6. The monoisotopic (exact) mass is 273 g/mol. The Hall–Kier alpha value is -1.80. The van der Waals surface area contributed by atoms with Gasteiger partial charge in [0.1, 0.15) is 5.69 Å². The third-order valence-electron chi connectivity index (χ3n) is 1.93. The van der Waals surface area contributed by atoms with Crippen LogP contribution in [0.3, 0.4) is 0 Å². The van der Waals surface area contributed by atoms with E-state index in [1.165, 1.54) is 0 Å². The van der Waals surface area contributed by atoms with Gasteiger partial charge < -0.3 is 5.11 Å². The number of alkyl halides is 5. The van der Waals surface area contributed by atoms with E-state index in [4.69, 9.17) is 5.11 Å². The van der Waals surface area contributed by atoms with Crippen molar-refractivity contribution in [3.8, 4) is 0 Å². The maximum Gasteiger partial charge on any atom is 0.418 e. The van der Waals surface area contributed by atoms with Gasteiger partial charge in [-0.3, -0.25) is 4.79 Å². The molecule has 0 aliphatic carbocycles. The van der Waals surface area contributed by atoms with Crippen molar-refractivity contribution in [2.75, 3.05) is 0 Å². The number of aliphatic carboxylic acids is 1. The van der Waals surface area contributed by atoms with Crippen LogP contribution in [0.2, 0.25) is 0 Å². The number of hydrogen-bond donors (Lipinski definition) is 1. The number of nitrogens with zero attached hydrogens (tertiary/aromatic N) is 1. The summed E-state index contributed by atoms with van der Waals surface area (Å²) in [7, 11) is 0. The van der Waals surface area contributed by atoms with Crippen molar-refractivity contribution in [2.24, 2.45) is 0 Å². The number of hydrogen-bond acceptors (Lipinski definition) is 2. The lowest BCUT2D eigenvalue weighted by atomic mass is 10.1. The molecule has 1 N–H and O–H groups in total. The summed E-state index contributed by atoms with van der Waals surface area (Å²) in [6.07, 6.45) is -9.86. The van der Waals surface area contributed by atoms with Gasteiger partial charge in [0.2, 0.25) is 5.95 Å². The minimum Gasteiger partial charge on any atom is -0.481 e. The van der Waals surface area contributed by atoms with Crippen LogP contribution in [0.5, 0.6) is 0 Å². The Bertz CT molecular complexity index is 471. The lowest BCUT2D eigenvalue weighted by Crippen LogP contribution is -2.15. The second kappa shape index (κ2) is 4.83. The highest BCUT2D eigenvalue weighted by molar-refractivity contribution is 5.70. The molecule has 0 radical (unpaired) electrons. The molecular formula is C9H5F6NO2. The Morgan fingerprint density at radius 1 is 1.39 bits per heavy atom. The van der Waals surface area contributed by atoms with Crippen molar-refractivity contribution < 1.29 is 36.2 Å². The Balaban J connectivity index is 3.40. The SMILES string of the molecule is O=C(O)Cc1cc(C(F)(F)F)c(C(F)F)nc1F. The Kier molecular flexibility index (Phi) is 3.82. The molecule has 0 amide bonds. The van der Waals surface area contributed by atoms with Crippen LogP contribution in [0.4, 0.5) is 26.3 Å². The number of carboxylic acid groups (broad SMARTS) is 1. The second-order valence-electron chi connectivity index (χ2n) is 3.24. The van der Waals surface area contributed by atoms with Gasteiger partial charge in [0.05, 0.1) is 12.0 Å². The van der Waals surface area contributed by atoms with Crippen LogP contribution in [0.15, 0.2) is 6.07 Å². The minimum atomic E-state index is -5.17. The highest BCUT2D eigenvalue weighted by Crippen LogP contribution is 2.36. The van der Waals surface area contributed by atoms with Crippen molar-refractivity contribution >= 4 is 5.97 Å². The molecule has 100 valence electrons. The molecule has 0 saturated carbocycles. The largest absolute Gasteiger partial charge is 0.481 e. The van der Waals surface area contributed by atoms with E-state index in [0.29, 0.717) is 0 Å². The van der Waals surface area contributed by atoms with Crippen LogP contribution < -0.4 is 0 Å². The van der Waals surface area contributed by atoms with Gasteiger partial charge in [-0.1, -0.05) is 0 Å². The van der Waals surface area contributed by atoms with Crippen LogP contribution in [0.1, 0.15) is 23.2 Å². The molecule has 0 atom stereocenters. The average Bonchev–Trinajstić information content (AvgIpc) is 2.17. The molecule has 0 aliphatic rings. The molecule has 0 unspecified atom stereocenters. The molecule has 3 nitrogen and oxygen atoms in total. The van der Waals surface area contributed by atoms with Gasteiger partial charge in [-0.25, -0.2) is 13.8 Å². The van der Waals surface area contributed by atoms with E-state index in [1.54, 1.807) is 0 Å². The Morgan fingerprint density at radius 2 is 1.94 bits per heavy atom. The summed E-state index contributed by atoms with van der Waals surface area (Å²) in [6, 6.07) is 0.0396. The summed E-state index contributed by atoms with van der Waals surface area (Å²) in [5.74, 6) is -3.26. The predicted molar refractivity (Wildman–Crippen MR) is 45.5 cm³/mol. The van der Waals surface area contributed by atoms with Crippen molar-refractivity contribution in [1.29, 1.82) is 0 Å². The molecule has 0 saturated heterocycles. The van der Waals surface area contributed by atoms with Crippen molar-refractivity contribution in [1.82, 2.24) is 4.98 Å². The van der Waals surface area contributed by atoms with E-state index in [0.717, 1.165) is 0 Å². The van der Waals surface area contributed by atoms with Gasteiger partial charge in [-0.05, 0) is 6.07 Å². The van der Waals surface area contributed by atoms with Gasteiger partial charge >= 0.3 is 12.1 Å². The molecule has 1 heterocycles. The Morgan fingerprint density at radius 3 is 2.33 bits per heavy atom. The molecule has 1 aromatic heterocycles. The fourth-order valence-corrected chi connectivity index (χ4v) is 1.23. The fourth-order valence-electron chi connectivity index (χ4n) is 1.23. The fraction of sp³-hybridized carbons (Fsp3) is 0.333. The highest BCUT2D eigenvalue weighted by Gasteiger charge is 2.38. The predicted octanol–water partition coefficient (Wildman–Crippen LogP) is 2.80. The molecule has 1 aromatic rings. The third-order valence-corrected chi connectivity index (χ3v) is 1.93. The van der Waals surface area contributed by atoms with E-state index >= 15 is 0 Å². The van der Waals surface area contributed by atoms with Gasteiger partial charge in [0.25, 0.3) is 6.43 Å². The van der Waals surface area contributed by atoms with Crippen molar-refractivity contribution in [3.63, 3.8) is 0 Å². The maximum absolute atomic E-state index is 13.1. The van der Waals surface area contributed by atoms with Gasteiger partial charge in [0.15, 0.2) is 0 Å². The molecule has 0 bridgehead atoms. The van der Waals surface area contributed by atoms with Gasteiger partial charge in [-0.15, -0.1) is 0 Å². The number of carboxylic acids is 1. The van der Waals surface area contributed by atoms with Crippen molar-refractivity contribution in [3.05, 3.63) is 28.8 Å². The van der Waals surface area contributed by atoms with E-state index in [2.05, 4.69) is 4.98 Å². The zero-order valence-electron chi connectivity index (χ0n) is 8.43. The van der Waals surface area contributed by atoms with Crippen LogP contribution in [-0.2, 0) is 17.4 Å². The molecule has 18 heavy (non-hydrogen) atoms. The van der Waals surface area contributed by atoms with Crippen LogP contribution >= 0.6 is 0 Å². The first-order chi connectivity index (χ1) is 8.12. The van der Waals surface area contributed by atoms with Crippen LogP contribution in [0, 0.1) is 5.95 Å². The summed E-state index contributed by atoms with van der Waals surface area (Å²) in [5.41, 5.74) is -4.50. The number of rotatable bonds is 3. The number of carbonyl (C=O) groups is 1. The van der Waals surface area contributed by atoms with Gasteiger partial charge in [0, 0.05) is 5.56 Å². The second-order valence-corrected chi connectivity index (χ2v) is 3.24. The first-order valence-electron chi connectivity index (χ1n) is 4.39. The molecule has 0 aromatic carbocycles. The summed E-state index contributed by atoms with van der Waals surface area (Å²) in [4.78, 5) is 12.8. The summed E-state index contributed by atoms with van der Waals surface area (Å²) >= 11 is 0. The molecule has 1 rings (SSSR count). The Labute approximate surface area is 96.1 Å². The lowest BCUT2D eigenvalue weighted by molar-refractivity contribution is -0.140. The smallest absolute Gasteiger partial charge is 0.418 e. The molecule has 9 heteroatoms. The molecule has 0 fully saturated rings. The average molecular weight is 273 g/mol. The third kappa shape index (κ3) is 3.11. The number of aromatic nitrogens is 1. The van der Waals surface area contributed by atoms with E-state index in [9.17, 15) is 31.1 Å². The summed E-state index contributed by atoms with van der Waals surface area (Å²) in [5, 5.41) is 8.34. The van der Waals surface area contributed by atoms with Gasteiger partial charge in [-0.2, -0.15) is 17.6 Å². The molecule has 0 aliphatic heterocycles. The standard InChI is InChI=1S/C9H5F6NO2/c10-7(11)6-4(9(13,14)15)1-3(2-5(17)18)8(12)16-6/h1,7H,2H2,(H,17,18). The van der Waals surface area contributed by atoms with E-state index in [-0.39, 0.29) is 6.07 Å². The van der Waals surface area contributed by atoms with Crippen LogP contribution in [-0.4, -0.2) is 16.1 Å². The first kappa shape index (κ1) is 14.3. The van der Waals surface area contributed by atoms with Crippen LogP contribution in [0.25, 0.3) is 0 Å². The topological polar surface area (TPSA) is 50.2 Å².